The quantitative estimate of drug-likeness (QED) is 0.392. The Labute approximate surface area is 178 Å². The maximum atomic E-state index is 10.5. The van der Waals surface area contributed by atoms with Crippen molar-refractivity contribution in [3.63, 3.8) is 0 Å². The lowest BCUT2D eigenvalue weighted by Crippen LogP contribution is -2.17. The molecule has 0 spiro atoms. The Morgan fingerprint density at radius 2 is 1.27 bits per heavy atom. The Morgan fingerprint density at radius 3 is 1.43 bits per heavy atom. The Kier molecular flexibility index (Phi) is 10.7. The molecule has 0 amide bonds. The first-order chi connectivity index (χ1) is 13.7. The van der Waals surface area contributed by atoms with Gasteiger partial charge in [0.1, 0.15) is 12.0 Å². The second-order valence-electron chi connectivity index (χ2n) is 6.33. The molecule has 4 aliphatic rings. The summed E-state index contributed by atoms with van der Waals surface area (Å²) in [5.74, 6) is 0.424. The van der Waals surface area contributed by atoms with E-state index in [0.29, 0.717) is 32.7 Å². The Morgan fingerprint density at radius 1 is 0.700 bits per heavy atom. The number of rotatable bonds is 0. The molecule has 3 saturated heterocycles. The fourth-order valence-corrected chi connectivity index (χ4v) is 5.61. The van der Waals surface area contributed by atoms with Crippen molar-refractivity contribution < 1.29 is 50.4 Å². The van der Waals surface area contributed by atoms with E-state index in [2.05, 4.69) is 16.7 Å². The second-order valence-corrected chi connectivity index (χ2v) is 13.5. The van der Waals surface area contributed by atoms with Gasteiger partial charge in [0.25, 0.3) is 30.4 Å². The van der Waals surface area contributed by atoms with Gasteiger partial charge in [-0.2, -0.15) is 33.7 Å². The summed E-state index contributed by atoms with van der Waals surface area (Å²) in [5.41, 5.74) is 0. The van der Waals surface area contributed by atoms with Crippen LogP contribution in [0.3, 0.4) is 0 Å². The van der Waals surface area contributed by atoms with Gasteiger partial charge in [0, 0.05) is 0 Å². The summed E-state index contributed by atoms with van der Waals surface area (Å²) in [7, 11) is -12.4. The van der Waals surface area contributed by atoms with Crippen LogP contribution in [0.2, 0.25) is 0 Å². The van der Waals surface area contributed by atoms with Crippen molar-refractivity contribution in [3.8, 4) is 0 Å². The third kappa shape index (κ3) is 11.6. The van der Waals surface area contributed by atoms with E-state index >= 15 is 0 Å². The first kappa shape index (κ1) is 27.3. The van der Waals surface area contributed by atoms with Crippen LogP contribution in [-0.2, 0) is 57.2 Å². The summed E-state index contributed by atoms with van der Waals surface area (Å²) in [6.45, 7) is 2.77. The summed E-state index contributed by atoms with van der Waals surface area (Å²) in [6, 6.07) is 0. The topological polar surface area (TPSA) is 173 Å². The molecule has 4 heterocycles. The van der Waals surface area contributed by atoms with Crippen molar-refractivity contribution in [1.29, 1.82) is 0 Å². The number of hydrogen-bond donors (Lipinski definition) is 0. The van der Waals surface area contributed by atoms with Crippen molar-refractivity contribution >= 4 is 40.5 Å². The van der Waals surface area contributed by atoms with E-state index in [1.165, 1.54) is 12.3 Å². The van der Waals surface area contributed by atoms with Crippen LogP contribution < -0.4 is 0 Å². The van der Waals surface area contributed by atoms with Gasteiger partial charge in [0.2, 0.25) is 0 Å². The minimum atomic E-state index is -3.16. The van der Waals surface area contributed by atoms with E-state index in [4.69, 9.17) is 0 Å². The van der Waals surface area contributed by atoms with Crippen LogP contribution in [-0.4, -0.2) is 76.0 Å². The van der Waals surface area contributed by atoms with Crippen molar-refractivity contribution in [2.24, 2.45) is 0 Å². The van der Waals surface area contributed by atoms with Crippen LogP contribution in [0.15, 0.2) is 12.3 Å². The molecule has 0 bridgehead atoms. The molecule has 4 aliphatic heterocycles. The van der Waals surface area contributed by atoms with Crippen LogP contribution >= 0.6 is 0 Å². The standard InChI is InChI=1S/2C4H8O3S.C3H6O3S.C3H4O3S/c1-4-2-3-7-8(4,5)6;5-8(6)4-2-1-3-7-8;2*4-7(5)3-1-2-6-7/h4H,2-3H2,1H3;1-4H2;1-3H2;1-2H,3H2. The molecule has 1 unspecified atom stereocenters. The Balaban J connectivity index is 0.000000200. The summed E-state index contributed by atoms with van der Waals surface area (Å²) >= 11 is 0. The molecule has 0 saturated carbocycles. The highest BCUT2D eigenvalue weighted by molar-refractivity contribution is 7.87. The van der Waals surface area contributed by atoms with Crippen LogP contribution in [0.1, 0.15) is 32.6 Å². The van der Waals surface area contributed by atoms with Crippen LogP contribution in [0.5, 0.6) is 0 Å². The van der Waals surface area contributed by atoms with E-state index in [1.54, 1.807) is 6.92 Å². The van der Waals surface area contributed by atoms with Crippen LogP contribution in [0, 0.1) is 0 Å². The molecule has 12 nitrogen and oxygen atoms in total. The first-order valence-electron chi connectivity index (χ1n) is 8.93. The molecule has 0 aromatic rings. The van der Waals surface area contributed by atoms with Crippen molar-refractivity contribution in [1.82, 2.24) is 0 Å². The predicted molar refractivity (Wildman–Crippen MR) is 106 cm³/mol. The van der Waals surface area contributed by atoms with Crippen molar-refractivity contribution in [3.05, 3.63) is 12.3 Å². The molecule has 0 N–H and O–H groups in total. The fourth-order valence-electron chi connectivity index (χ4n) is 2.02. The van der Waals surface area contributed by atoms with Gasteiger partial charge in [-0.25, -0.2) is 0 Å². The third-order valence-corrected chi connectivity index (χ3v) is 9.07. The van der Waals surface area contributed by atoms with Gasteiger partial charge in [-0.05, 0) is 38.7 Å². The molecule has 30 heavy (non-hydrogen) atoms. The Hall–Kier alpha value is -0.780. The molecule has 1 atom stereocenters. The number of hydrogen-bond acceptors (Lipinski definition) is 12. The van der Waals surface area contributed by atoms with E-state index in [9.17, 15) is 33.7 Å². The van der Waals surface area contributed by atoms with Gasteiger partial charge in [0.05, 0.1) is 36.6 Å². The normalized spacial score (nSPS) is 29.0. The largest absolute Gasteiger partial charge is 0.390 e. The van der Waals surface area contributed by atoms with Gasteiger partial charge in [-0.15, -0.1) is 0 Å². The zero-order chi connectivity index (χ0) is 22.9. The smallest absolute Gasteiger partial charge is 0.312 e. The summed E-state index contributed by atoms with van der Waals surface area (Å²) in [6.07, 6.45) is 5.55. The lowest BCUT2D eigenvalue weighted by molar-refractivity contribution is 0.292. The molecule has 0 aliphatic carbocycles. The summed E-state index contributed by atoms with van der Waals surface area (Å²) < 4.78 is 100.0. The second kappa shape index (κ2) is 11.7. The SMILES string of the molecule is CC1CCOS1(=O)=O.O=S1(=O)CC=CO1.O=S1(=O)CCCCO1.O=S1(=O)CCCO1. The molecular weight excluding hydrogens is 488 g/mol. The zero-order valence-corrected chi connectivity index (χ0v) is 19.6. The highest BCUT2D eigenvalue weighted by atomic mass is 32.2. The highest BCUT2D eigenvalue weighted by Gasteiger charge is 2.27. The Bertz CT molecular complexity index is 928. The van der Waals surface area contributed by atoms with Crippen LogP contribution in [0.4, 0.5) is 0 Å². The van der Waals surface area contributed by atoms with Gasteiger partial charge in [-0.3, -0.25) is 12.5 Å². The third-order valence-electron chi connectivity index (χ3n) is 3.72. The van der Waals surface area contributed by atoms with Gasteiger partial charge in [-0.1, -0.05) is 0 Å². The maximum absolute atomic E-state index is 10.5. The predicted octanol–water partition coefficient (Wildman–Crippen LogP) is -0.152. The molecule has 178 valence electrons. The zero-order valence-electron chi connectivity index (χ0n) is 16.3. The molecule has 3 fully saturated rings. The van der Waals surface area contributed by atoms with E-state index in [1.807, 2.05) is 0 Å². The molecule has 16 heteroatoms. The molecule has 0 radical (unpaired) electrons. The van der Waals surface area contributed by atoms with E-state index < -0.39 is 40.5 Å². The minimum absolute atomic E-state index is 0.0208. The van der Waals surface area contributed by atoms with Crippen LogP contribution in [0.25, 0.3) is 0 Å². The lowest BCUT2D eigenvalue weighted by Gasteiger charge is -2.09. The van der Waals surface area contributed by atoms with E-state index in [-0.39, 0.29) is 22.5 Å². The fraction of sp³-hybridized carbons (Fsp3) is 0.857. The van der Waals surface area contributed by atoms with Crippen molar-refractivity contribution in [2.45, 2.75) is 37.9 Å². The minimum Gasteiger partial charge on any atom is -0.390 e. The molecule has 0 aromatic carbocycles. The van der Waals surface area contributed by atoms with Gasteiger partial charge >= 0.3 is 10.1 Å². The van der Waals surface area contributed by atoms with E-state index in [0.717, 1.165) is 12.8 Å². The average molecular weight is 515 g/mol. The van der Waals surface area contributed by atoms with Gasteiger partial charge < -0.3 is 4.18 Å². The molecular formula is C14H26O12S4. The van der Waals surface area contributed by atoms with Crippen molar-refractivity contribution in [2.75, 3.05) is 37.1 Å². The maximum Gasteiger partial charge on any atom is 0.312 e. The summed E-state index contributed by atoms with van der Waals surface area (Å²) in [5, 5.41) is -0.289. The molecule has 4 rings (SSSR count). The monoisotopic (exact) mass is 514 g/mol. The first-order valence-corrected chi connectivity index (χ1v) is 15.1. The van der Waals surface area contributed by atoms with Gasteiger partial charge in [0.15, 0.2) is 0 Å². The average Bonchev–Trinajstić information content (AvgIpc) is 3.30. The lowest BCUT2D eigenvalue weighted by atomic mass is 10.4. The summed E-state index contributed by atoms with van der Waals surface area (Å²) in [4.78, 5) is 0. The highest BCUT2D eigenvalue weighted by Crippen LogP contribution is 2.15. The molecule has 0 aromatic heterocycles.